The van der Waals surface area contributed by atoms with Gasteiger partial charge in [-0.05, 0) is 13.8 Å². The maximum atomic E-state index is 2.37. The molecule has 20 heavy (non-hydrogen) atoms. The van der Waals surface area contributed by atoms with E-state index in [1.807, 2.05) is 0 Å². The van der Waals surface area contributed by atoms with Crippen LogP contribution in [-0.4, -0.2) is 0 Å². The molecule has 106 valence electrons. The van der Waals surface area contributed by atoms with Crippen molar-refractivity contribution >= 4 is 0 Å². The molecule has 2 heteroatoms. The molecule has 2 aromatic rings. The zero-order valence-electron chi connectivity index (χ0n) is 13.1. The van der Waals surface area contributed by atoms with E-state index in [1.54, 1.807) is 0 Å². The van der Waals surface area contributed by atoms with Crippen molar-refractivity contribution in [2.75, 3.05) is 0 Å². The predicted molar refractivity (Wildman–Crippen MR) is 81.4 cm³/mol. The van der Waals surface area contributed by atoms with Gasteiger partial charge in [0.15, 0.2) is 35.9 Å². The SMILES string of the molecule is Cc1cccc[n+]1[C@@H](C)CC[C@H](C)[n+]1ccccc1C. The number of aromatic nitrogens is 2. The van der Waals surface area contributed by atoms with E-state index in [0.29, 0.717) is 12.1 Å². The summed E-state index contributed by atoms with van der Waals surface area (Å²) >= 11 is 0. The maximum Gasteiger partial charge on any atom is 0.178 e. The van der Waals surface area contributed by atoms with Crippen molar-refractivity contribution < 1.29 is 9.13 Å². The van der Waals surface area contributed by atoms with Crippen molar-refractivity contribution in [1.82, 2.24) is 0 Å². The van der Waals surface area contributed by atoms with E-state index in [1.165, 1.54) is 24.2 Å². The van der Waals surface area contributed by atoms with E-state index in [4.69, 9.17) is 0 Å². The van der Waals surface area contributed by atoms with Gasteiger partial charge in [-0.15, -0.1) is 0 Å². The van der Waals surface area contributed by atoms with Crippen LogP contribution in [0.25, 0.3) is 0 Å². The summed E-state index contributed by atoms with van der Waals surface area (Å²) in [5.74, 6) is 0. The van der Waals surface area contributed by atoms with Crippen LogP contribution < -0.4 is 9.13 Å². The predicted octanol–water partition coefficient (Wildman–Crippen LogP) is 3.48. The average Bonchev–Trinajstić information content (AvgIpc) is 2.45. The second-order valence-corrected chi connectivity index (χ2v) is 5.77. The van der Waals surface area contributed by atoms with Crippen molar-refractivity contribution in [2.24, 2.45) is 0 Å². The van der Waals surface area contributed by atoms with Crippen LogP contribution in [0.2, 0.25) is 0 Å². The fourth-order valence-corrected chi connectivity index (χ4v) is 2.83. The third-order valence-corrected chi connectivity index (χ3v) is 4.16. The lowest BCUT2D eigenvalue weighted by molar-refractivity contribution is -0.737. The number of hydrogen-bond donors (Lipinski definition) is 0. The first-order valence-corrected chi connectivity index (χ1v) is 7.53. The minimum absolute atomic E-state index is 0.545. The molecule has 0 fully saturated rings. The van der Waals surface area contributed by atoms with Gasteiger partial charge in [-0.25, -0.2) is 9.13 Å². The molecule has 0 spiro atoms. The first kappa shape index (κ1) is 14.7. The van der Waals surface area contributed by atoms with Gasteiger partial charge in [-0.3, -0.25) is 0 Å². The molecule has 0 aliphatic rings. The van der Waals surface area contributed by atoms with E-state index in [2.05, 4.69) is 85.6 Å². The summed E-state index contributed by atoms with van der Waals surface area (Å²) in [5, 5.41) is 0. The Bertz CT molecular complexity index is 511. The summed E-state index contributed by atoms with van der Waals surface area (Å²) in [6, 6.07) is 13.9. The van der Waals surface area contributed by atoms with Crippen molar-refractivity contribution in [3.8, 4) is 0 Å². The van der Waals surface area contributed by atoms with Gasteiger partial charge >= 0.3 is 0 Å². The van der Waals surface area contributed by atoms with E-state index in [9.17, 15) is 0 Å². The zero-order chi connectivity index (χ0) is 14.5. The first-order chi connectivity index (χ1) is 9.59. The summed E-state index contributed by atoms with van der Waals surface area (Å²) in [4.78, 5) is 0. The highest BCUT2D eigenvalue weighted by Gasteiger charge is 2.20. The topological polar surface area (TPSA) is 7.76 Å². The van der Waals surface area contributed by atoms with E-state index >= 15 is 0 Å². The average molecular weight is 270 g/mol. The van der Waals surface area contributed by atoms with Crippen LogP contribution >= 0.6 is 0 Å². The van der Waals surface area contributed by atoms with E-state index in [-0.39, 0.29) is 0 Å². The van der Waals surface area contributed by atoms with E-state index in [0.717, 1.165) is 0 Å². The van der Waals surface area contributed by atoms with E-state index < -0.39 is 0 Å². The van der Waals surface area contributed by atoms with Crippen LogP contribution in [0.5, 0.6) is 0 Å². The maximum absolute atomic E-state index is 2.37. The summed E-state index contributed by atoms with van der Waals surface area (Å²) in [5.41, 5.74) is 2.66. The highest BCUT2D eigenvalue weighted by Crippen LogP contribution is 2.13. The molecule has 0 unspecified atom stereocenters. The summed E-state index contributed by atoms with van der Waals surface area (Å²) in [7, 11) is 0. The Balaban J connectivity index is 1.99. The minimum Gasteiger partial charge on any atom is -0.200 e. The Labute approximate surface area is 122 Å². The molecule has 2 rings (SSSR count). The largest absolute Gasteiger partial charge is 0.200 e. The first-order valence-electron chi connectivity index (χ1n) is 7.53. The minimum atomic E-state index is 0.545. The molecule has 0 saturated heterocycles. The van der Waals surface area contributed by atoms with Crippen LogP contribution in [0.15, 0.2) is 48.8 Å². The normalized spacial score (nSPS) is 14.0. The monoisotopic (exact) mass is 270 g/mol. The summed E-state index contributed by atoms with van der Waals surface area (Å²) < 4.78 is 4.74. The number of nitrogens with zero attached hydrogens (tertiary/aromatic N) is 2. The van der Waals surface area contributed by atoms with Gasteiger partial charge in [0.25, 0.3) is 0 Å². The molecule has 0 amide bonds. The summed E-state index contributed by atoms with van der Waals surface area (Å²) in [6.45, 7) is 8.97. The van der Waals surface area contributed by atoms with Crippen molar-refractivity contribution in [1.29, 1.82) is 0 Å². The number of hydrogen-bond acceptors (Lipinski definition) is 0. The molecule has 0 saturated carbocycles. The molecular formula is C18H26N2+2. The van der Waals surface area contributed by atoms with Crippen molar-refractivity contribution in [2.45, 2.75) is 52.6 Å². The lowest BCUT2D eigenvalue weighted by Crippen LogP contribution is -2.43. The second-order valence-electron chi connectivity index (χ2n) is 5.77. The molecule has 2 atom stereocenters. The Hall–Kier alpha value is -1.70. The lowest BCUT2D eigenvalue weighted by Gasteiger charge is -2.12. The zero-order valence-corrected chi connectivity index (χ0v) is 13.1. The fourth-order valence-electron chi connectivity index (χ4n) is 2.83. The van der Waals surface area contributed by atoms with Gasteiger partial charge in [0.1, 0.15) is 0 Å². The number of pyridine rings is 2. The Morgan fingerprint density at radius 1 is 0.750 bits per heavy atom. The van der Waals surface area contributed by atoms with Crippen molar-refractivity contribution in [3.05, 3.63) is 60.2 Å². The molecule has 2 aromatic heterocycles. The second kappa shape index (κ2) is 6.65. The summed E-state index contributed by atoms with van der Waals surface area (Å²) in [6.07, 6.45) is 6.76. The van der Waals surface area contributed by atoms with Gasteiger partial charge in [-0.2, -0.15) is 0 Å². The van der Waals surface area contributed by atoms with Gasteiger partial charge < -0.3 is 0 Å². The van der Waals surface area contributed by atoms with Crippen LogP contribution in [0.1, 0.15) is 50.2 Å². The van der Waals surface area contributed by atoms with Crippen LogP contribution in [0.3, 0.4) is 0 Å². The van der Waals surface area contributed by atoms with Gasteiger partial charge in [0.05, 0.1) is 0 Å². The lowest BCUT2D eigenvalue weighted by atomic mass is 10.1. The van der Waals surface area contributed by atoms with Crippen LogP contribution in [0.4, 0.5) is 0 Å². The molecule has 0 N–H and O–H groups in total. The third kappa shape index (κ3) is 3.44. The van der Waals surface area contributed by atoms with Gasteiger partial charge in [0, 0.05) is 51.0 Å². The molecular weight excluding hydrogens is 244 g/mol. The van der Waals surface area contributed by atoms with Crippen molar-refractivity contribution in [3.63, 3.8) is 0 Å². The molecule has 0 radical (unpaired) electrons. The molecule has 2 heterocycles. The Kier molecular flexibility index (Phi) is 4.89. The molecule has 0 aliphatic carbocycles. The highest BCUT2D eigenvalue weighted by molar-refractivity contribution is 4.95. The molecule has 0 aromatic carbocycles. The van der Waals surface area contributed by atoms with Crippen LogP contribution in [-0.2, 0) is 0 Å². The Morgan fingerprint density at radius 3 is 1.50 bits per heavy atom. The number of aryl methyl sites for hydroxylation is 2. The standard InChI is InChI=1S/C18H26N2/c1-15-9-5-7-13-19(15)17(3)11-12-18(4)20-14-8-6-10-16(20)2/h5-10,13-14,17-18H,11-12H2,1-4H3/q+2/t17-,18-/m0/s1. The quantitative estimate of drug-likeness (QED) is 0.735. The molecule has 0 aliphatic heterocycles. The smallest absolute Gasteiger partial charge is 0.178 e. The highest BCUT2D eigenvalue weighted by atomic mass is 15.0. The third-order valence-electron chi connectivity index (χ3n) is 4.16. The Morgan fingerprint density at radius 2 is 1.15 bits per heavy atom. The van der Waals surface area contributed by atoms with Gasteiger partial charge in [0.2, 0.25) is 0 Å². The van der Waals surface area contributed by atoms with Crippen LogP contribution in [0, 0.1) is 13.8 Å². The van der Waals surface area contributed by atoms with Gasteiger partial charge in [-0.1, -0.05) is 12.1 Å². The molecule has 0 bridgehead atoms. The fraction of sp³-hybridized carbons (Fsp3) is 0.444. The molecule has 2 nitrogen and oxygen atoms in total. The number of rotatable bonds is 5.